The number of hydrogen-bond acceptors (Lipinski definition) is 3. The minimum Gasteiger partial charge on any atom is -0.371 e. The third-order valence-corrected chi connectivity index (χ3v) is 2.23. The second kappa shape index (κ2) is 5.47. The molecule has 15 heavy (non-hydrogen) atoms. The lowest BCUT2D eigenvalue weighted by atomic mass is 9.99. The Morgan fingerprint density at radius 3 is 2.47 bits per heavy atom. The van der Waals surface area contributed by atoms with Crippen LogP contribution < -0.4 is 5.32 Å². The number of nitrogens with zero attached hydrogens (tertiary/aromatic N) is 1. The molecule has 0 aromatic rings. The van der Waals surface area contributed by atoms with Crippen molar-refractivity contribution >= 4 is 5.91 Å². The van der Waals surface area contributed by atoms with E-state index in [1.807, 2.05) is 4.90 Å². The SMILES string of the molecule is CC(C)(C)COCC(=O)N1CCNCC1. The molecular weight excluding hydrogens is 192 g/mol. The summed E-state index contributed by atoms with van der Waals surface area (Å²) in [6, 6.07) is 0. The molecular formula is C11H22N2O2. The van der Waals surface area contributed by atoms with Gasteiger partial charge in [0.15, 0.2) is 0 Å². The molecule has 0 radical (unpaired) electrons. The van der Waals surface area contributed by atoms with Gasteiger partial charge in [-0.25, -0.2) is 0 Å². The molecule has 0 aliphatic carbocycles. The minimum absolute atomic E-state index is 0.112. The highest BCUT2D eigenvalue weighted by atomic mass is 16.5. The Morgan fingerprint density at radius 2 is 1.93 bits per heavy atom. The van der Waals surface area contributed by atoms with Crippen LogP contribution in [0.3, 0.4) is 0 Å². The van der Waals surface area contributed by atoms with Crippen LogP contribution in [0.1, 0.15) is 20.8 Å². The average molecular weight is 214 g/mol. The summed E-state index contributed by atoms with van der Waals surface area (Å²) in [5.74, 6) is 0.112. The van der Waals surface area contributed by atoms with Gasteiger partial charge < -0.3 is 15.0 Å². The maximum Gasteiger partial charge on any atom is 0.248 e. The molecule has 1 N–H and O–H groups in total. The smallest absolute Gasteiger partial charge is 0.248 e. The van der Waals surface area contributed by atoms with Gasteiger partial charge in [0.05, 0.1) is 6.61 Å². The molecule has 0 unspecified atom stereocenters. The summed E-state index contributed by atoms with van der Waals surface area (Å²) in [6.45, 7) is 10.5. The number of hydrogen-bond donors (Lipinski definition) is 1. The monoisotopic (exact) mass is 214 g/mol. The highest BCUT2D eigenvalue weighted by molar-refractivity contribution is 5.77. The highest BCUT2D eigenvalue weighted by Crippen LogP contribution is 2.12. The van der Waals surface area contributed by atoms with Crippen LogP contribution in [0.25, 0.3) is 0 Å². The predicted octanol–water partition coefficient (Wildman–Crippen LogP) is 0.481. The van der Waals surface area contributed by atoms with Gasteiger partial charge in [-0.1, -0.05) is 20.8 Å². The topological polar surface area (TPSA) is 41.6 Å². The summed E-state index contributed by atoms with van der Waals surface area (Å²) in [5.41, 5.74) is 0.129. The number of rotatable bonds is 3. The maximum absolute atomic E-state index is 11.7. The standard InChI is InChI=1S/C11H22N2O2/c1-11(2,3)9-15-8-10(14)13-6-4-12-5-7-13/h12H,4-9H2,1-3H3. The van der Waals surface area contributed by atoms with Gasteiger partial charge in [-0.15, -0.1) is 0 Å². The van der Waals surface area contributed by atoms with Gasteiger partial charge in [-0.3, -0.25) is 4.79 Å². The molecule has 1 aliphatic heterocycles. The van der Waals surface area contributed by atoms with E-state index in [4.69, 9.17) is 4.74 Å². The summed E-state index contributed by atoms with van der Waals surface area (Å²) in [4.78, 5) is 13.5. The van der Waals surface area contributed by atoms with Gasteiger partial charge in [0, 0.05) is 26.2 Å². The average Bonchev–Trinajstić information content (AvgIpc) is 2.17. The number of nitrogens with one attached hydrogen (secondary N) is 1. The van der Waals surface area contributed by atoms with Crippen molar-refractivity contribution < 1.29 is 9.53 Å². The van der Waals surface area contributed by atoms with E-state index in [2.05, 4.69) is 26.1 Å². The Hall–Kier alpha value is -0.610. The lowest BCUT2D eigenvalue weighted by Gasteiger charge is -2.28. The van der Waals surface area contributed by atoms with Gasteiger partial charge in [0.2, 0.25) is 5.91 Å². The number of piperazine rings is 1. The van der Waals surface area contributed by atoms with Crippen LogP contribution in [0.5, 0.6) is 0 Å². The van der Waals surface area contributed by atoms with Crippen LogP contribution in [-0.4, -0.2) is 50.2 Å². The summed E-state index contributed by atoms with van der Waals surface area (Å²) in [5, 5.41) is 3.22. The predicted molar refractivity (Wildman–Crippen MR) is 59.7 cm³/mol. The van der Waals surface area contributed by atoms with Crippen LogP contribution >= 0.6 is 0 Å². The number of carbonyl (C=O) groups excluding carboxylic acids is 1. The van der Waals surface area contributed by atoms with E-state index in [0.29, 0.717) is 6.61 Å². The van der Waals surface area contributed by atoms with Gasteiger partial charge in [0.1, 0.15) is 6.61 Å². The molecule has 0 bridgehead atoms. The van der Waals surface area contributed by atoms with Gasteiger partial charge in [-0.05, 0) is 5.41 Å². The fraction of sp³-hybridized carbons (Fsp3) is 0.909. The fourth-order valence-electron chi connectivity index (χ4n) is 1.45. The molecule has 1 heterocycles. The van der Waals surface area contributed by atoms with Crippen molar-refractivity contribution in [2.24, 2.45) is 5.41 Å². The van der Waals surface area contributed by atoms with E-state index in [1.165, 1.54) is 0 Å². The lowest BCUT2D eigenvalue weighted by molar-refractivity contribution is -0.137. The van der Waals surface area contributed by atoms with Crippen molar-refractivity contribution in [3.8, 4) is 0 Å². The van der Waals surface area contributed by atoms with Crippen LogP contribution in [0.4, 0.5) is 0 Å². The maximum atomic E-state index is 11.7. The first-order valence-electron chi connectivity index (χ1n) is 5.55. The Kier molecular flexibility index (Phi) is 4.54. The molecule has 4 heteroatoms. The first kappa shape index (κ1) is 12.5. The molecule has 0 aromatic carbocycles. The Balaban J connectivity index is 2.17. The number of ether oxygens (including phenoxy) is 1. The van der Waals surface area contributed by atoms with Crippen LogP contribution in [0.15, 0.2) is 0 Å². The Morgan fingerprint density at radius 1 is 1.33 bits per heavy atom. The Labute approximate surface area is 92.0 Å². The Bertz CT molecular complexity index is 205. The summed E-state index contributed by atoms with van der Waals surface area (Å²) in [6.07, 6.45) is 0. The summed E-state index contributed by atoms with van der Waals surface area (Å²) in [7, 11) is 0. The van der Waals surface area contributed by atoms with Gasteiger partial charge in [-0.2, -0.15) is 0 Å². The van der Waals surface area contributed by atoms with E-state index < -0.39 is 0 Å². The van der Waals surface area contributed by atoms with Crippen molar-refractivity contribution in [2.75, 3.05) is 39.4 Å². The molecule has 0 atom stereocenters. The molecule has 0 saturated carbocycles. The highest BCUT2D eigenvalue weighted by Gasteiger charge is 2.17. The van der Waals surface area contributed by atoms with Crippen molar-refractivity contribution in [1.29, 1.82) is 0 Å². The third kappa shape index (κ3) is 5.14. The minimum atomic E-state index is 0.112. The number of amides is 1. The number of carbonyl (C=O) groups is 1. The van der Waals surface area contributed by atoms with Crippen molar-refractivity contribution in [2.45, 2.75) is 20.8 Å². The van der Waals surface area contributed by atoms with Crippen LogP contribution in [-0.2, 0) is 9.53 Å². The first-order chi connectivity index (χ1) is 6.99. The van der Waals surface area contributed by atoms with Crippen molar-refractivity contribution in [3.63, 3.8) is 0 Å². The summed E-state index contributed by atoms with van der Waals surface area (Å²) < 4.78 is 5.40. The third-order valence-electron chi connectivity index (χ3n) is 2.23. The molecule has 4 nitrogen and oxygen atoms in total. The van der Waals surface area contributed by atoms with Crippen LogP contribution in [0, 0.1) is 5.41 Å². The largest absolute Gasteiger partial charge is 0.371 e. The molecule has 88 valence electrons. The molecule has 1 aliphatic rings. The van der Waals surface area contributed by atoms with E-state index >= 15 is 0 Å². The van der Waals surface area contributed by atoms with E-state index in [1.54, 1.807) is 0 Å². The molecule has 1 fully saturated rings. The molecule has 1 saturated heterocycles. The van der Waals surface area contributed by atoms with Crippen molar-refractivity contribution in [3.05, 3.63) is 0 Å². The first-order valence-corrected chi connectivity index (χ1v) is 5.55. The summed E-state index contributed by atoms with van der Waals surface area (Å²) >= 11 is 0. The zero-order valence-corrected chi connectivity index (χ0v) is 10.0. The van der Waals surface area contributed by atoms with Gasteiger partial charge in [0.25, 0.3) is 0 Å². The van der Waals surface area contributed by atoms with E-state index in [0.717, 1.165) is 26.2 Å². The van der Waals surface area contributed by atoms with E-state index in [-0.39, 0.29) is 17.9 Å². The van der Waals surface area contributed by atoms with Crippen LogP contribution in [0.2, 0.25) is 0 Å². The van der Waals surface area contributed by atoms with E-state index in [9.17, 15) is 4.79 Å². The molecule has 0 aromatic heterocycles. The molecule has 0 spiro atoms. The zero-order chi connectivity index (χ0) is 11.3. The second-order valence-corrected chi connectivity index (χ2v) is 5.18. The second-order valence-electron chi connectivity index (χ2n) is 5.18. The fourth-order valence-corrected chi connectivity index (χ4v) is 1.45. The van der Waals surface area contributed by atoms with Crippen molar-refractivity contribution in [1.82, 2.24) is 10.2 Å². The normalized spacial score (nSPS) is 17.9. The molecule has 1 amide bonds. The molecule has 1 rings (SSSR count). The van der Waals surface area contributed by atoms with Gasteiger partial charge >= 0.3 is 0 Å². The lowest BCUT2D eigenvalue weighted by Crippen LogP contribution is -2.47. The quantitative estimate of drug-likeness (QED) is 0.743. The zero-order valence-electron chi connectivity index (χ0n) is 10.0.